The summed E-state index contributed by atoms with van der Waals surface area (Å²) in [5, 5.41) is 9.08. The summed E-state index contributed by atoms with van der Waals surface area (Å²) in [4.78, 5) is 20.3. The van der Waals surface area contributed by atoms with Crippen LogP contribution in [0.4, 0.5) is 5.13 Å². The summed E-state index contributed by atoms with van der Waals surface area (Å²) < 4.78 is 3.06. The van der Waals surface area contributed by atoms with Crippen molar-refractivity contribution in [2.24, 2.45) is 5.92 Å². The van der Waals surface area contributed by atoms with Crippen LogP contribution >= 0.6 is 11.3 Å². The molecule has 1 saturated heterocycles. The second-order valence-electron chi connectivity index (χ2n) is 8.96. The summed E-state index contributed by atoms with van der Waals surface area (Å²) in [5.41, 5.74) is 2.94. The number of hydrogen-bond acceptors (Lipinski definition) is 5. The second kappa shape index (κ2) is 8.99. The number of amides is 1. The normalized spacial score (nSPS) is 20.7. The quantitative estimate of drug-likeness (QED) is 0.593. The average molecular weight is 438 g/mol. The van der Waals surface area contributed by atoms with Gasteiger partial charge in [0.15, 0.2) is 10.8 Å². The smallest absolute Gasteiger partial charge is 0.225 e. The van der Waals surface area contributed by atoms with Gasteiger partial charge in [-0.15, -0.1) is 0 Å². The molecule has 7 heteroatoms. The molecule has 31 heavy (non-hydrogen) atoms. The van der Waals surface area contributed by atoms with Crippen molar-refractivity contribution >= 4 is 32.7 Å². The number of rotatable bonds is 4. The van der Waals surface area contributed by atoms with Crippen LogP contribution in [0.15, 0.2) is 30.3 Å². The second-order valence-corrected chi connectivity index (χ2v) is 9.94. The number of anilines is 1. The fourth-order valence-corrected chi connectivity index (χ4v) is 5.94. The Bertz CT molecular complexity index is 1040. The van der Waals surface area contributed by atoms with Crippen molar-refractivity contribution in [3.63, 3.8) is 0 Å². The van der Waals surface area contributed by atoms with Crippen LogP contribution in [0.2, 0.25) is 0 Å². The zero-order valence-corrected chi connectivity index (χ0v) is 19.0. The number of thiazole rings is 1. The third kappa shape index (κ3) is 4.33. The molecular weight excluding hydrogens is 406 g/mol. The highest BCUT2D eigenvalue weighted by Crippen LogP contribution is 2.34. The van der Waals surface area contributed by atoms with E-state index in [-0.39, 0.29) is 11.8 Å². The number of benzene rings is 1. The van der Waals surface area contributed by atoms with E-state index < -0.39 is 0 Å². The summed E-state index contributed by atoms with van der Waals surface area (Å²) in [6.07, 6.45) is 9.36. The van der Waals surface area contributed by atoms with E-state index >= 15 is 0 Å². The molecule has 0 radical (unpaired) electrons. The maximum absolute atomic E-state index is 13.0. The molecule has 1 aliphatic carbocycles. The summed E-state index contributed by atoms with van der Waals surface area (Å²) >= 11 is 1.70. The molecule has 164 valence electrons. The van der Waals surface area contributed by atoms with Gasteiger partial charge in [-0.05, 0) is 44.7 Å². The van der Waals surface area contributed by atoms with E-state index in [1.165, 1.54) is 25.7 Å². The van der Waals surface area contributed by atoms with Crippen LogP contribution in [-0.4, -0.2) is 39.8 Å². The molecule has 2 aromatic heterocycles. The predicted molar refractivity (Wildman–Crippen MR) is 126 cm³/mol. The van der Waals surface area contributed by atoms with E-state index in [4.69, 9.17) is 10.1 Å². The molecule has 1 atom stereocenters. The molecule has 0 bridgehead atoms. The van der Waals surface area contributed by atoms with E-state index in [9.17, 15) is 4.79 Å². The minimum Gasteiger partial charge on any atom is -0.353 e. The van der Waals surface area contributed by atoms with Gasteiger partial charge in [0.2, 0.25) is 5.91 Å². The Morgan fingerprint density at radius 1 is 1.06 bits per heavy atom. The van der Waals surface area contributed by atoms with Gasteiger partial charge in [-0.3, -0.25) is 4.79 Å². The van der Waals surface area contributed by atoms with Gasteiger partial charge in [0.1, 0.15) is 0 Å². The summed E-state index contributed by atoms with van der Waals surface area (Å²) in [6, 6.07) is 10.5. The third-order valence-electron chi connectivity index (χ3n) is 6.64. The SMILES string of the molecule is Cc1nn(-c2ccccc2)c2nc(N3CCCC(C(=O)NC4CCCCCC4)C3)sc12. The van der Waals surface area contributed by atoms with Crippen molar-refractivity contribution in [3.05, 3.63) is 36.0 Å². The lowest BCUT2D eigenvalue weighted by atomic mass is 9.96. The molecule has 0 spiro atoms. The lowest BCUT2D eigenvalue weighted by Crippen LogP contribution is -2.46. The molecule has 2 aliphatic rings. The van der Waals surface area contributed by atoms with E-state index in [0.29, 0.717) is 6.04 Å². The molecule has 1 saturated carbocycles. The van der Waals surface area contributed by atoms with Gasteiger partial charge in [0.05, 0.1) is 22.0 Å². The molecular formula is C24H31N5OS. The predicted octanol–water partition coefficient (Wildman–Crippen LogP) is 4.85. The first-order valence-electron chi connectivity index (χ1n) is 11.7. The van der Waals surface area contributed by atoms with Gasteiger partial charge >= 0.3 is 0 Å². The maximum Gasteiger partial charge on any atom is 0.225 e. The summed E-state index contributed by atoms with van der Waals surface area (Å²) in [5.74, 6) is 0.292. The average Bonchev–Trinajstić information content (AvgIpc) is 3.26. The summed E-state index contributed by atoms with van der Waals surface area (Å²) in [6.45, 7) is 3.76. The molecule has 1 N–H and O–H groups in total. The fraction of sp³-hybridized carbons (Fsp3) is 0.542. The van der Waals surface area contributed by atoms with E-state index in [1.54, 1.807) is 11.3 Å². The van der Waals surface area contributed by atoms with E-state index in [0.717, 1.165) is 65.6 Å². The van der Waals surface area contributed by atoms with Crippen LogP contribution < -0.4 is 10.2 Å². The largest absolute Gasteiger partial charge is 0.353 e. The minimum absolute atomic E-state index is 0.0516. The lowest BCUT2D eigenvalue weighted by molar-refractivity contribution is -0.126. The maximum atomic E-state index is 13.0. The van der Waals surface area contributed by atoms with Crippen LogP contribution in [0, 0.1) is 12.8 Å². The number of para-hydroxylation sites is 1. The molecule has 1 unspecified atom stereocenters. The molecule has 3 aromatic rings. The van der Waals surface area contributed by atoms with Gasteiger partial charge < -0.3 is 10.2 Å². The van der Waals surface area contributed by atoms with Crippen molar-refractivity contribution in [3.8, 4) is 5.69 Å². The Morgan fingerprint density at radius 2 is 1.84 bits per heavy atom. The van der Waals surface area contributed by atoms with Crippen molar-refractivity contribution in [2.45, 2.75) is 64.3 Å². The van der Waals surface area contributed by atoms with Gasteiger partial charge in [-0.1, -0.05) is 55.2 Å². The van der Waals surface area contributed by atoms with Crippen LogP contribution in [-0.2, 0) is 4.79 Å². The molecule has 1 aliphatic heterocycles. The Kier molecular flexibility index (Phi) is 5.94. The molecule has 3 heterocycles. The number of fused-ring (bicyclic) bond motifs is 1. The Labute approximate surface area is 187 Å². The number of piperidine rings is 1. The lowest BCUT2D eigenvalue weighted by Gasteiger charge is -2.32. The van der Waals surface area contributed by atoms with Crippen molar-refractivity contribution in [1.29, 1.82) is 0 Å². The van der Waals surface area contributed by atoms with E-state index in [1.807, 2.05) is 29.8 Å². The van der Waals surface area contributed by atoms with Crippen LogP contribution in [0.3, 0.4) is 0 Å². The van der Waals surface area contributed by atoms with Gasteiger partial charge in [0, 0.05) is 19.1 Å². The number of hydrogen-bond donors (Lipinski definition) is 1. The first kappa shape index (κ1) is 20.5. The minimum atomic E-state index is 0.0516. The summed E-state index contributed by atoms with van der Waals surface area (Å²) in [7, 11) is 0. The standard InChI is InChI=1S/C24H31N5OS/c1-17-21-22(29(27-17)20-13-7-4-8-14-20)26-24(31-21)28-15-9-10-18(16-28)23(30)25-19-11-5-2-3-6-12-19/h4,7-8,13-14,18-19H,2-3,5-6,9-12,15-16H2,1H3,(H,25,30). The Hall–Kier alpha value is -2.41. The highest BCUT2D eigenvalue weighted by atomic mass is 32.1. The first-order chi connectivity index (χ1) is 15.2. The number of aryl methyl sites for hydroxylation is 1. The number of nitrogens with one attached hydrogen (secondary N) is 1. The first-order valence-corrected chi connectivity index (χ1v) is 12.5. The zero-order valence-electron chi connectivity index (χ0n) is 18.2. The van der Waals surface area contributed by atoms with Crippen LogP contribution in [0.25, 0.3) is 16.0 Å². The van der Waals surface area contributed by atoms with Crippen LogP contribution in [0.1, 0.15) is 57.1 Å². The van der Waals surface area contributed by atoms with E-state index in [2.05, 4.69) is 22.3 Å². The van der Waals surface area contributed by atoms with Gasteiger partial charge in [-0.25, -0.2) is 4.68 Å². The molecule has 1 aromatic carbocycles. The molecule has 5 rings (SSSR count). The van der Waals surface area contributed by atoms with Crippen molar-refractivity contribution < 1.29 is 4.79 Å². The Morgan fingerprint density at radius 3 is 2.61 bits per heavy atom. The van der Waals surface area contributed by atoms with Crippen molar-refractivity contribution in [2.75, 3.05) is 18.0 Å². The highest BCUT2D eigenvalue weighted by molar-refractivity contribution is 7.22. The molecule has 1 amide bonds. The number of carbonyl (C=O) groups excluding carboxylic acids is 1. The molecule has 2 fully saturated rings. The zero-order chi connectivity index (χ0) is 21.2. The third-order valence-corrected chi connectivity index (χ3v) is 7.86. The monoisotopic (exact) mass is 437 g/mol. The topological polar surface area (TPSA) is 63.1 Å². The number of aromatic nitrogens is 3. The van der Waals surface area contributed by atoms with Gasteiger partial charge in [0.25, 0.3) is 0 Å². The Balaban J connectivity index is 1.32. The van der Waals surface area contributed by atoms with Crippen molar-refractivity contribution in [1.82, 2.24) is 20.1 Å². The highest BCUT2D eigenvalue weighted by Gasteiger charge is 2.29. The molecule has 6 nitrogen and oxygen atoms in total. The van der Waals surface area contributed by atoms with Gasteiger partial charge in [-0.2, -0.15) is 10.1 Å². The number of nitrogens with zero attached hydrogens (tertiary/aromatic N) is 4. The number of carbonyl (C=O) groups is 1. The van der Waals surface area contributed by atoms with Crippen LogP contribution in [0.5, 0.6) is 0 Å². The fourth-order valence-electron chi connectivity index (χ4n) is 4.92.